The van der Waals surface area contributed by atoms with E-state index >= 15 is 0 Å². The van der Waals surface area contributed by atoms with Gasteiger partial charge in [-0.2, -0.15) is 0 Å². The molecule has 152 valence electrons. The molecule has 0 unspecified atom stereocenters. The molecule has 0 heterocycles. The van der Waals surface area contributed by atoms with Gasteiger partial charge in [-0.25, -0.2) is 10.1 Å². The van der Waals surface area contributed by atoms with E-state index in [9.17, 15) is 4.79 Å². The lowest BCUT2D eigenvalue weighted by Crippen LogP contribution is -1.93. The Morgan fingerprint density at radius 2 is 0.960 bits per heavy atom. The van der Waals surface area contributed by atoms with Crippen molar-refractivity contribution in [2.45, 2.75) is 110 Å². The zero-order valence-electron chi connectivity index (χ0n) is 16.0. The number of carboxylic acids is 1. The Bertz CT molecular complexity index is 325. The highest BCUT2D eigenvalue weighted by Gasteiger charge is 1.97. The van der Waals surface area contributed by atoms with Crippen LogP contribution in [-0.4, -0.2) is 20.9 Å². The molecule has 0 atom stereocenters. The predicted molar refractivity (Wildman–Crippen MR) is 103 cm³/mol. The fourth-order valence-electron chi connectivity index (χ4n) is 2.65. The van der Waals surface area contributed by atoms with E-state index in [4.69, 9.17) is 19.5 Å². The van der Waals surface area contributed by atoms with Crippen molar-refractivity contribution in [3.63, 3.8) is 0 Å². The number of unbranched alkanes of at least 4 members (excludes halogenated alkanes) is 14. The Balaban J connectivity index is 0. The van der Waals surface area contributed by atoms with Gasteiger partial charge in [0.05, 0.1) is 0 Å². The van der Waals surface area contributed by atoms with Crippen molar-refractivity contribution < 1.29 is 24.3 Å². The highest BCUT2D eigenvalue weighted by atomic mass is 31.2. The van der Waals surface area contributed by atoms with Crippen LogP contribution in [0.5, 0.6) is 0 Å². The highest BCUT2D eigenvalue weighted by molar-refractivity contribution is 7.49. The molecule has 0 fully saturated rings. The molecule has 0 saturated carbocycles. The molecule has 6 nitrogen and oxygen atoms in total. The summed E-state index contributed by atoms with van der Waals surface area (Å²) >= 11 is 0. The van der Waals surface area contributed by atoms with Crippen molar-refractivity contribution in [1.29, 1.82) is 0 Å². The fourth-order valence-corrected chi connectivity index (χ4v) is 2.65. The largest absolute Gasteiger partial charge is 0.481 e. The van der Waals surface area contributed by atoms with Gasteiger partial charge in [-0.15, -0.1) is 0 Å². The summed E-state index contributed by atoms with van der Waals surface area (Å²) in [5, 5.41) is 8.52. The van der Waals surface area contributed by atoms with Crippen LogP contribution in [0.1, 0.15) is 110 Å². The van der Waals surface area contributed by atoms with Crippen LogP contribution in [0, 0.1) is 0 Å². The quantitative estimate of drug-likeness (QED) is 0.211. The molecule has 0 bridgehead atoms. The second-order valence-electron chi connectivity index (χ2n) is 6.68. The molecule has 0 aliphatic rings. The highest BCUT2D eigenvalue weighted by Crippen LogP contribution is 2.20. The Hall–Kier alpha value is -0.420. The molecule has 0 spiro atoms. The van der Waals surface area contributed by atoms with Crippen LogP contribution >= 0.6 is 7.75 Å². The summed E-state index contributed by atoms with van der Waals surface area (Å²) in [7, 11) is -4.14. The molecule has 7 heteroatoms. The molecule has 0 aliphatic carbocycles. The first-order valence-corrected chi connectivity index (χ1v) is 11.5. The van der Waals surface area contributed by atoms with Gasteiger partial charge >= 0.3 is 13.7 Å². The molecule has 0 radical (unpaired) electrons. The van der Waals surface area contributed by atoms with Crippen LogP contribution in [0.4, 0.5) is 0 Å². The van der Waals surface area contributed by atoms with Gasteiger partial charge < -0.3 is 14.9 Å². The van der Waals surface area contributed by atoms with Crippen LogP contribution in [0.15, 0.2) is 0 Å². The van der Waals surface area contributed by atoms with E-state index < -0.39 is 13.7 Å². The van der Waals surface area contributed by atoms with Gasteiger partial charge in [0.15, 0.2) is 0 Å². The molecular formula is C18H40NO5P. The van der Waals surface area contributed by atoms with E-state index in [0.29, 0.717) is 6.42 Å². The minimum absolute atomic E-state index is 0.345. The summed E-state index contributed by atoms with van der Waals surface area (Å²) in [5.74, 6) is -0.653. The maximum absolute atomic E-state index is 10.3. The lowest BCUT2D eigenvalue weighted by Gasteiger charge is -2.03. The van der Waals surface area contributed by atoms with Crippen molar-refractivity contribution in [2.24, 2.45) is 5.50 Å². The number of carbonyl (C=O) groups is 1. The van der Waals surface area contributed by atoms with Crippen LogP contribution in [0.25, 0.3) is 0 Å². The summed E-state index contributed by atoms with van der Waals surface area (Å²) in [6, 6.07) is 0. The Kier molecular flexibility index (Phi) is 21.3. The molecule has 0 aromatic heterocycles. The molecular weight excluding hydrogens is 341 g/mol. The van der Waals surface area contributed by atoms with Crippen LogP contribution in [0.3, 0.4) is 0 Å². The predicted octanol–water partition coefficient (Wildman–Crippen LogP) is 5.37. The minimum atomic E-state index is -4.14. The third-order valence-corrected chi connectivity index (χ3v) is 3.99. The third kappa shape index (κ3) is 39.9. The van der Waals surface area contributed by atoms with Gasteiger partial charge in [0.25, 0.3) is 0 Å². The molecule has 5 N–H and O–H groups in total. The number of hydrogen-bond acceptors (Lipinski definition) is 2. The summed E-state index contributed by atoms with van der Waals surface area (Å²) < 4.78 is 9.10. The van der Waals surface area contributed by atoms with Gasteiger partial charge in [-0.05, 0) is 6.42 Å². The number of hydrogen-bond donors (Lipinski definition) is 4. The van der Waals surface area contributed by atoms with E-state index in [0.717, 1.165) is 12.8 Å². The molecule has 0 aromatic rings. The van der Waals surface area contributed by atoms with Crippen LogP contribution in [-0.2, 0) is 9.36 Å². The Morgan fingerprint density at radius 1 is 0.720 bits per heavy atom. The number of aliphatic carboxylic acids is 1. The summed E-state index contributed by atoms with van der Waals surface area (Å²) in [6.45, 7) is 2.27. The number of nitrogens with two attached hydrogens (primary N) is 1. The van der Waals surface area contributed by atoms with Crippen molar-refractivity contribution in [3.8, 4) is 0 Å². The smallest absolute Gasteiger partial charge is 0.397 e. The van der Waals surface area contributed by atoms with Crippen LogP contribution < -0.4 is 5.50 Å². The summed E-state index contributed by atoms with van der Waals surface area (Å²) in [4.78, 5) is 25.2. The van der Waals surface area contributed by atoms with Gasteiger partial charge in [0.1, 0.15) is 0 Å². The van der Waals surface area contributed by atoms with Crippen LogP contribution in [0.2, 0.25) is 0 Å². The second kappa shape index (κ2) is 19.9. The maximum Gasteiger partial charge on any atom is 0.397 e. The second-order valence-corrected chi connectivity index (χ2v) is 7.86. The number of carboxylic acid groups (broad SMARTS) is 1. The molecule has 0 rings (SSSR count). The molecule has 0 aliphatic heterocycles. The topological polar surface area (TPSA) is 121 Å². The average molecular weight is 381 g/mol. The summed E-state index contributed by atoms with van der Waals surface area (Å²) in [5.41, 5.74) is 4.02. The lowest BCUT2D eigenvalue weighted by molar-refractivity contribution is -0.137. The van der Waals surface area contributed by atoms with E-state index in [2.05, 4.69) is 12.4 Å². The third-order valence-electron chi connectivity index (χ3n) is 3.99. The van der Waals surface area contributed by atoms with Gasteiger partial charge in [0.2, 0.25) is 0 Å². The number of rotatable bonds is 16. The Morgan fingerprint density at radius 3 is 1.20 bits per heavy atom. The van der Waals surface area contributed by atoms with Crippen molar-refractivity contribution in [2.75, 3.05) is 0 Å². The summed E-state index contributed by atoms with van der Waals surface area (Å²) in [6.07, 6.45) is 20.2. The zero-order valence-corrected chi connectivity index (χ0v) is 16.9. The van der Waals surface area contributed by atoms with E-state index in [1.54, 1.807) is 0 Å². The van der Waals surface area contributed by atoms with Crippen molar-refractivity contribution in [3.05, 3.63) is 0 Å². The van der Waals surface area contributed by atoms with E-state index in [1.165, 1.54) is 83.5 Å². The minimum Gasteiger partial charge on any atom is -0.481 e. The SMILES string of the molecule is CCCCCCCCCCCCCCCCCC(=O)O.NP(=O)(O)O. The first-order chi connectivity index (χ1) is 11.8. The maximum atomic E-state index is 10.3. The molecule has 0 amide bonds. The van der Waals surface area contributed by atoms with E-state index in [1.807, 2.05) is 0 Å². The molecule has 0 saturated heterocycles. The monoisotopic (exact) mass is 381 g/mol. The van der Waals surface area contributed by atoms with Gasteiger partial charge in [0, 0.05) is 6.42 Å². The normalized spacial score (nSPS) is 11.0. The van der Waals surface area contributed by atoms with Crippen molar-refractivity contribution in [1.82, 2.24) is 0 Å². The molecule has 25 heavy (non-hydrogen) atoms. The average Bonchev–Trinajstić information content (AvgIpc) is 2.49. The lowest BCUT2D eigenvalue weighted by atomic mass is 10.0. The Labute approximate surface area is 153 Å². The zero-order chi connectivity index (χ0) is 19.4. The van der Waals surface area contributed by atoms with Crippen molar-refractivity contribution >= 4 is 13.7 Å². The first kappa shape index (κ1) is 26.8. The first-order valence-electron chi connectivity index (χ1n) is 9.83. The van der Waals surface area contributed by atoms with Gasteiger partial charge in [-0.3, -0.25) is 4.79 Å². The standard InChI is InChI=1S/C18H36O2.H4NO3P/c1-2-3-4-5-6-7-8-9-10-11-12-13-14-15-16-17-18(19)20;1-5(2,3)4/h2-17H2,1H3,(H,19,20);(H4,1,2,3,4). The van der Waals surface area contributed by atoms with E-state index in [-0.39, 0.29) is 0 Å². The van der Waals surface area contributed by atoms with Gasteiger partial charge in [-0.1, -0.05) is 96.8 Å². The molecule has 0 aromatic carbocycles. The fraction of sp³-hybridized carbons (Fsp3) is 0.944.